The molecule has 0 saturated heterocycles. The van der Waals surface area contributed by atoms with Gasteiger partial charge in [-0.3, -0.25) is 0 Å². The molecule has 102 valence electrons. The highest BCUT2D eigenvalue weighted by Gasteiger charge is 2.28. The second kappa shape index (κ2) is 4.72. The van der Waals surface area contributed by atoms with Gasteiger partial charge in [0.05, 0.1) is 0 Å². The summed E-state index contributed by atoms with van der Waals surface area (Å²) in [5.41, 5.74) is 0.702. The number of aromatic nitrogens is 4. The number of nitrogens with zero attached hydrogens (tertiary/aromatic N) is 4. The molecule has 0 aromatic carbocycles. The Hall–Kier alpha value is -1.78. The normalized spacial score (nSPS) is 12.7. The molecule has 0 saturated carbocycles. The van der Waals surface area contributed by atoms with Crippen molar-refractivity contribution in [3.63, 3.8) is 0 Å². The fourth-order valence-corrected chi connectivity index (χ4v) is 1.86. The molecule has 0 fully saturated rings. The lowest BCUT2D eigenvalue weighted by Crippen LogP contribution is -2.23. The van der Waals surface area contributed by atoms with Crippen LogP contribution in [0.4, 0.5) is 0 Å². The molecule has 5 nitrogen and oxygen atoms in total. The standard InChI is InChI=1S/C14H20N4O/c1-13(2,3)11-15-7-6-10(18-11)8-14(4,5)12-16-9-17-19-12/h6-7,9H,8H2,1-5H3. The maximum absolute atomic E-state index is 5.16. The van der Waals surface area contributed by atoms with E-state index in [4.69, 9.17) is 4.52 Å². The Labute approximate surface area is 113 Å². The van der Waals surface area contributed by atoms with E-state index in [0.717, 1.165) is 17.9 Å². The van der Waals surface area contributed by atoms with Crippen molar-refractivity contribution < 1.29 is 4.52 Å². The monoisotopic (exact) mass is 260 g/mol. The smallest absolute Gasteiger partial charge is 0.232 e. The van der Waals surface area contributed by atoms with E-state index in [1.807, 2.05) is 12.3 Å². The number of hydrogen-bond acceptors (Lipinski definition) is 5. The summed E-state index contributed by atoms with van der Waals surface area (Å²) in [5.74, 6) is 1.48. The molecule has 0 N–H and O–H groups in total. The van der Waals surface area contributed by atoms with E-state index in [9.17, 15) is 0 Å². The van der Waals surface area contributed by atoms with Crippen molar-refractivity contribution in [2.24, 2.45) is 0 Å². The molecule has 0 atom stereocenters. The molecule has 0 aliphatic heterocycles. The van der Waals surface area contributed by atoms with Crippen molar-refractivity contribution in [3.8, 4) is 0 Å². The maximum Gasteiger partial charge on any atom is 0.232 e. The Morgan fingerprint density at radius 3 is 2.42 bits per heavy atom. The molecule has 0 aliphatic rings. The van der Waals surface area contributed by atoms with Gasteiger partial charge in [-0.25, -0.2) is 9.97 Å². The fourth-order valence-electron chi connectivity index (χ4n) is 1.86. The van der Waals surface area contributed by atoms with E-state index in [-0.39, 0.29) is 10.8 Å². The molecule has 0 aliphatic carbocycles. The summed E-state index contributed by atoms with van der Waals surface area (Å²) in [6.07, 6.45) is 3.98. The summed E-state index contributed by atoms with van der Waals surface area (Å²) >= 11 is 0. The minimum absolute atomic E-state index is 0.0510. The minimum atomic E-state index is -0.236. The molecule has 0 unspecified atom stereocenters. The number of rotatable bonds is 3. The summed E-state index contributed by atoms with van der Waals surface area (Å²) < 4.78 is 5.16. The highest BCUT2D eigenvalue weighted by atomic mass is 16.5. The van der Waals surface area contributed by atoms with E-state index in [2.05, 4.69) is 54.7 Å². The van der Waals surface area contributed by atoms with Gasteiger partial charge in [0.2, 0.25) is 5.89 Å². The van der Waals surface area contributed by atoms with Gasteiger partial charge in [-0.1, -0.05) is 39.8 Å². The van der Waals surface area contributed by atoms with Crippen LogP contribution < -0.4 is 0 Å². The van der Waals surface area contributed by atoms with Gasteiger partial charge < -0.3 is 4.52 Å². The number of hydrogen-bond donors (Lipinski definition) is 0. The lowest BCUT2D eigenvalue weighted by atomic mass is 9.87. The van der Waals surface area contributed by atoms with Crippen molar-refractivity contribution in [3.05, 3.63) is 36.0 Å². The van der Waals surface area contributed by atoms with Gasteiger partial charge in [0.25, 0.3) is 0 Å². The van der Waals surface area contributed by atoms with E-state index in [1.54, 1.807) is 0 Å². The third-order valence-electron chi connectivity index (χ3n) is 2.95. The summed E-state index contributed by atoms with van der Waals surface area (Å²) in [4.78, 5) is 13.1. The largest absolute Gasteiger partial charge is 0.339 e. The second-order valence-electron chi connectivity index (χ2n) is 6.43. The van der Waals surface area contributed by atoms with Gasteiger partial charge in [0, 0.05) is 29.1 Å². The summed E-state index contributed by atoms with van der Waals surface area (Å²) in [6, 6.07) is 1.94. The van der Waals surface area contributed by atoms with E-state index < -0.39 is 0 Å². The van der Waals surface area contributed by atoms with Crippen LogP contribution in [0, 0.1) is 0 Å². The highest BCUT2D eigenvalue weighted by Crippen LogP contribution is 2.26. The molecular weight excluding hydrogens is 240 g/mol. The first-order valence-corrected chi connectivity index (χ1v) is 6.38. The maximum atomic E-state index is 5.16. The zero-order chi connectivity index (χ0) is 14.1. The van der Waals surface area contributed by atoms with Gasteiger partial charge >= 0.3 is 0 Å². The van der Waals surface area contributed by atoms with Gasteiger partial charge in [-0.05, 0) is 6.07 Å². The summed E-state index contributed by atoms with van der Waals surface area (Å²) in [5, 5.41) is 3.67. The Morgan fingerprint density at radius 2 is 1.84 bits per heavy atom. The predicted octanol–water partition coefficient (Wildman–Crippen LogP) is 2.68. The lowest BCUT2D eigenvalue weighted by molar-refractivity contribution is 0.303. The van der Waals surface area contributed by atoms with Crippen molar-refractivity contribution in [2.45, 2.75) is 51.9 Å². The van der Waals surface area contributed by atoms with Crippen molar-refractivity contribution in [2.75, 3.05) is 0 Å². The van der Waals surface area contributed by atoms with Crippen LogP contribution in [0.1, 0.15) is 52.0 Å². The van der Waals surface area contributed by atoms with Crippen LogP contribution in [0.15, 0.2) is 23.1 Å². The third-order valence-corrected chi connectivity index (χ3v) is 2.95. The topological polar surface area (TPSA) is 64.7 Å². The van der Waals surface area contributed by atoms with Gasteiger partial charge in [0.15, 0.2) is 6.33 Å². The van der Waals surface area contributed by atoms with Gasteiger partial charge in [-0.2, -0.15) is 4.98 Å². The fraction of sp³-hybridized carbons (Fsp3) is 0.571. The van der Waals surface area contributed by atoms with Gasteiger partial charge in [0.1, 0.15) is 5.82 Å². The van der Waals surface area contributed by atoms with E-state index in [0.29, 0.717) is 5.89 Å². The zero-order valence-corrected chi connectivity index (χ0v) is 12.1. The molecule has 0 amide bonds. The van der Waals surface area contributed by atoms with Crippen LogP contribution in [-0.2, 0) is 17.3 Å². The van der Waals surface area contributed by atoms with Crippen LogP contribution in [0.5, 0.6) is 0 Å². The molecule has 5 heteroatoms. The second-order valence-corrected chi connectivity index (χ2v) is 6.43. The summed E-state index contributed by atoms with van der Waals surface area (Å²) in [7, 11) is 0. The van der Waals surface area contributed by atoms with Crippen molar-refractivity contribution in [1.29, 1.82) is 0 Å². The quantitative estimate of drug-likeness (QED) is 0.849. The Balaban J connectivity index is 2.25. The third kappa shape index (κ3) is 3.16. The predicted molar refractivity (Wildman–Crippen MR) is 71.8 cm³/mol. The van der Waals surface area contributed by atoms with Crippen LogP contribution in [0.2, 0.25) is 0 Å². The molecule has 0 bridgehead atoms. The first-order valence-electron chi connectivity index (χ1n) is 6.38. The molecule has 0 radical (unpaired) electrons. The Morgan fingerprint density at radius 1 is 1.11 bits per heavy atom. The molecule has 19 heavy (non-hydrogen) atoms. The van der Waals surface area contributed by atoms with E-state index >= 15 is 0 Å². The average molecular weight is 260 g/mol. The molecule has 2 heterocycles. The zero-order valence-electron chi connectivity index (χ0n) is 12.1. The van der Waals surface area contributed by atoms with E-state index in [1.165, 1.54) is 6.33 Å². The van der Waals surface area contributed by atoms with Crippen LogP contribution in [0.25, 0.3) is 0 Å². The highest BCUT2D eigenvalue weighted by molar-refractivity contribution is 5.13. The van der Waals surface area contributed by atoms with Crippen LogP contribution in [0.3, 0.4) is 0 Å². The molecule has 2 rings (SSSR count). The van der Waals surface area contributed by atoms with Crippen molar-refractivity contribution >= 4 is 0 Å². The average Bonchev–Trinajstić information content (AvgIpc) is 2.81. The molecule has 2 aromatic rings. The lowest BCUT2D eigenvalue weighted by Gasteiger charge is -2.21. The summed E-state index contributed by atoms with van der Waals surface area (Å²) in [6.45, 7) is 10.5. The SMILES string of the molecule is CC(C)(C)c1nccc(CC(C)(C)c2ncno2)n1. The molecule has 2 aromatic heterocycles. The van der Waals surface area contributed by atoms with Crippen LogP contribution >= 0.6 is 0 Å². The molecular formula is C14H20N4O. The first-order chi connectivity index (χ1) is 8.79. The first kappa shape index (κ1) is 13.6. The minimum Gasteiger partial charge on any atom is -0.339 e. The van der Waals surface area contributed by atoms with Gasteiger partial charge in [-0.15, -0.1) is 0 Å². The Kier molecular flexibility index (Phi) is 3.39. The van der Waals surface area contributed by atoms with Crippen molar-refractivity contribution in [1.82, 2.24) is 20.1 Å². The Bertz CT molecular complexity index is 541. The van der Waals surface area contributed by atoms with Crippen LogP contribution in [-0.4, -0.2) is 20.1 Å². The molecule has 0 spiro atoms.